The van der Waals surface area contributed by atoms with Crippen molar-refractivity contribution in [3.63, 3.8) is 0 Å². The first-order valence-corrected chi connectivity index (χ1v) is 17.2. The Morgan fingerprint density at radius 1 is 0.841 bits per heavy atom. The third kappa shape index (κ3) is 4.15. The van der Waals surface area contributed by atoms with Crippen molar-refractivity contribution in [3.05, 3.63) is 42.0 Å². The van der Waals surface area contributed by atoms with Crippen LogP contribution < -0.4 is 0 Å². The molecule has 1 aromatic rings. The van der Waals surface area contributed by atoms with E-state index in [1.807, 2.05) is 0 Å². The molecule has 10 unspecified atom stereocenters. The van der Waals surface area contributed by atoms with E-state index in [1.165, 1.54) is 17.7 Å². The van der Waals surface area contributed by atoms with Crippen LogP contribution in [0.3, 0.4) is 0 Å². The van der Waals surface area contributed by atoms with Crippen LogP contribution in [0.25, 0.3) is 6.08 Å². The number of aliphatic carboxylic acids is 1. The number of aromatic hydroxyl groups is 2. The van der Waals surface area contributed by atoms with Crippen molar-refractivity contribution in [1.29, 1.82) is 0 Å². The van der Waals surface area contributed by atoms with Gasteiger partial charge in [0.1, 0.15) is 0 Å². The lowest BCUT2D eigenvalue weighted by Gasteiger charge is -2.72. The van der Waals surface area contributed by atoms with Crippen molar-refractivity contribution in [3.8, 4) is 11.5 Å². The van der Waals surface area contributed by atoms with E-state index in [0.29, 0.717) is 29.2 Å². The highest BCUT2D eigenvalue weighted by Crippen LogP contribution is 2.77. The Kier molecular flexibility index (Phi) is 7.30. The van der Waals surface area contributed by atoms with Gasteiger partial charge in [-0.05, 0) is 146 Å². The summed E-state index contributed by atoms with van der Waals surface area (Å²) in [5.41, 5.74) is 1.50. The molecule has 0 spiro atoms. The van der Waals surface area contributed by atoms with Gasteiger partial charge in [-0.15, -0.1) is 0 Å². The Morgan fingerprint density at radius 3 is 2.23 bits per heavy atom. The predicted molar refractivity (Wildman–Crippen MR) is 174 cm³/mol. The van der Waals surface area contributed by atoms with Gasteiger partial charge in [-0.3, -0.25) is 9.59 Å². The number of rotatable bonds is 5. The zero-order chi connectivity index (χ0) is 32.0. The first kappa shape index (κ1) is 31.4. The lowest BCUT2D eigenvalue weighted by Crippen LogP contribution is -2.66. The summed E-state index contributed by atoms with van der Waals surface area (Å²) in [5, 5.41) is 30.2. The van der Waals surface area contributed by atoms with Gasteiger partial charge in [-0.2, -0.15) is 0 Å². The second-order valence-electron chi connectivity index (χ2n) is 17.0. The van der Waals surface area contributed by atoms with E-state index in [9.17, 15) is 24.9 Å². The number of phenolic OH excluding ortho intramolecular Hbond substituents is 2. The van der Waals surface area contributed by atoms with Crippen LogP contribution in [0.2, 0.25) is 0 Å². The molecule has 44 heavy (non-hydrogen) atoms. The SMILES string of the molecule is C=C(C)C1CCC2(C(=O)O)CCC3(C)C(CCC4C5(C)CCC(C(=O)/C=C/c6ccc(O)c(O)c6)C(C)(C)C5CCC43C)C12. The molecule has 5 saturated carbocycles. The van der Waals surface area contributed by atoms with Crippen molar-refractivity contribution in [1.82, 2.24) is 0 Å². The molecule has 6 rings (SSSR count). The molecule has 0 aliphatic heterocycles. The van der Waals surface area contributed by atoms with Crippen molar-refractivity contribution in [2.75, 3.05) is 0 Å². The monoisotopic (exact) mass is 602 g/mol. The highest BCUT2D eigenvalue weighted by atomic mass is 16.4. The summed E-state index contributed by atoms with van der Waals surface area (Å²) in [6, 6.07) is 4.64. The van der Waals surface area contributed by atoms with E-state index >= 15 is 0 Å². The number of benzene rings is 1. The molecule has 5 aliphatic carbocycles. The van der Waals surface area contributed by atoms with E-state index in [4.69, 9.17) is 0 Å². The number of hydrogen-bond donors (Lipinski definition) is 3. The van der Waals surface area contributed by atoms with Crippen LogP contribution >= 0.6 is 0 Å². The first-order chi connectivity index (χ1) is 20.5. The number of allylic oxidation sites excluding steroid dienone is 2. The zero-order valence-corrected chi connectivity index (χ0v) is 27.8. The zero-order valence-electron chi connectivity index (χ0n) is 27.8. The fourth-order valence-corrected chi connectivity index (χ4v) is 13.0. The summed E-state index contributed by atoms with van der Waals surface area (Å²) in [4.78, 5) is 26.7. The number of carboxylic acids is 1. The molecule has 0 bridgehead atoms. The molecular weight excluding hydrogens is 548 g/mol. The Hall–Kier alpha value is -2.56. The molecule has 0 aromatic heterocycles. The van der Waals surface area contributed by atoms with E-state index < -0.39 is 11.4 Å². The largest absolute Gasteiger partial charge is 0.504 e. The van der Waals surface area contributed by atoms with Crippen molar-refractivity contribution < 1.29 is 24.9 Å². The average molecular weight is 603 g/mol. The van der Waals surface area contributed by atoms with Gasteiger partial charge in [0.05, 0.1) is 5.41 Å². The van der Waals surface area contributed by atoms with E-state index in [-0.39, 0.29) is 50.8 Å². The van der Waals surface area contributed by atoms with Gasteiger partial charge < -0.3 is 15.3 Å². The van der Waals surface area contributed by atoms with Crippen LogP contribution in [0.15, 0.2) is 36.4 Å². The van der Waals surface area contributed by atoms with Crippen LogP contribution in [0.5, 0.6) is 11.5 Å². The molecule has 3 N–H and O–H groups in total. The number of hydrogen-bond acceptors (Lipinski definition) is 4. The number of fused-ring (bicyclic) bond motifs is 7. The standard InChI is InChI=1S/C39H54O5/c1-23(2)25-14-19-39(34(43)44)21-20-37(6)27(33(25)39)10-13-32-36(5)17-15-26(35(3,4)31(36)16-18-38(32,37)7)28(40)11-8-24-9-12-29(41)30(42)22-24/h8-9,11-12,22,25-27,31-33,41-42H,1,10,13-21H2,2-7H3,(H,43,44)/b11-8+. The summed E-state index contributed by atoms with van der Waals surface area (Å²) in [6.45, 7) is 18.8. The summed E-state index contributed by atoms with van der Waals surface area (Å²) < 4.78 is 0. The highest BCUT2D eigenvalue weighted by molar-refractivity contribution is 5.96. The number of carbonyl (C=O) groups excluding carboxylic acids is 1. The predicted octanol–water partition coefficient (Wildman–Crippen LogP) is 9.04. The fourth-order valence-electron chi connectivity index (χ4n) is 13.0. The fraction of sp³-hybridized carbons (Fsp3) is 0.692. The quantitative estimate of drug-likeness (QED) is 0.178. The van der Waals surface area contributed by atoms with Gasteiger partial charge in [0.25, 0.3) is 0 Å². The maximum Gasteiger partial charge on any atom is 0.309 e. The topological polar surface area (TPSA) is 94.8 Å². The van der Waals surface area contributed by atoms with Crippen LogP contribution in [0.4, 0.5) is 0 Å². The van der Waals surface area contributed by atoms with Crippen molar-refractivity contribution >= 4 is 17.8 Å². The van der Waals surface area contributed by atoms with Gasteiger partial charge in [0, 0.05) is 5.92 Å². The van der Waals surface area contributed by atoms with E-state index in [2.05, 4.69) is 48.1 Å². The molecule has 0 saturated heterocycles. The van der Waals surface area contributed by atoms with Crippen LogP contribution in [0.1, 0.15) is 111 Å². The van der Waals surface area contributed by atoms with Crippen molar-refractivity contribution in [2.45, 2.75) is 106 Å². The summed E-state index contributed by atoms with van der Waals surface area (Å²) in [6.07, 6.45) is 13.4. The molecule has 5 fully saturated rings. The smallest absolute Gasteiger partial charge is 0.309 e. The Morgan fingerprint density at radius 2 is 1.57 bits per heavy atom. The number of carboxylic acid groups (broad SMARTS) is 1. The maximum absolute atomic E-state index is 13.7. The highest BCUT2D eigenvalue weighted by Gasteiger charge is 2.72. The maximum atomic E-state index is 13.7. The van der Waals surface area contributed by atoms with E-state index in [1.54, 1.807) is 18.2 Å². The molecule has 240 valence electrons. The molecule has 0 heterocycles. The van der Waals surface area contributed by atoms with Gasteiger partial charge in [0.2, 0.25) is 0 Å². The van der Waals surface area contributed by atoms with Crippen molar-refractivity contribution in [2.24, 2.45) is 62.6 Å². The van der Waals surface area contributed by atoms with Gasteiger partial charge >= 0.3 is 5.97 Å². The minimum absolute atomic E-state index is 0.0560. The molecule has 5 aliphatic rings. The van der Waals surface area contributed by atoms with E-state index in [0.717, 1.165) is 64.2 Å². The molecular formula is C39H54O5. The third-order valence-electron chi connectivity index (χ3n) is 15.3. The minimum atomic E-state index is -0.592. The Labute approximate surface area is 264 Å². The lowest BCUT2D eigenvalue weighted by atomic mass is 9.32. The molecule has 0 amide bonds. The molecule has 1 aromatic carbocycles. The number of carbonyl (C=O) groups is 2. The number of ketones is 1. The second-order valence-corrected chi connectivity index (χ2v) is 17.0. The van der Waals surface area contributed by atoms with Gasteiger partial charge in [-0.25, -0.2) is 0 Å². The van der Waals surface area contributed by atoms with Crippen LogP contribution in [-0.4, -0.2) is 27.1 Å². The van der Waals surface area contributed by atoms with Crippen LogP contribution in [0, 0.1) is 62.6 Å². The molecule has 5 nitrogen and oxygen atoms in total. The third-order valence-corrected chi connectivity index (χ3v) is 15.3. The second kappa shape index (κ2) is 10.2. The van der Waals surface area contributed by atoms with Crippen LogP contribution in [-0.2, 0) is 9.59 Å². The Balaban J connectivity index is 1.28. The van der Waals surface area contributed by atoms with Gasteiger partial charge in [0.15, 0.2) is 17.3 Å². The summed E-state index contributed by atoms with van der Waals surface area (Å²) >= 11 is 0. The molecule has 0 radical (unpaired) electrons. The first-order valence-electron chi connectivity index (χ1n) is 17.2. The minimum Gasteiger partial charge on any atom is -0.504 e. The Bertz CT molecular complexity index is 1410. The summed E-state index contributed by atoms with van der Waals surface area (Å²) in [7, 11) is 0. The summed E-state index contributed by atoms with van der Waals surface area (Å²) in [5.74, 6) is 1.08. The van der Waals surface area contributed by atoms with Gasteiger partial charge in [-0.1, -0.05) is 58.9 Å². The number of phenols is 2. The lowest BCUT2D eigenvalue weighted by molar-refractivity contribution is -0.242. The normalized spacial score (nSPS) is 44.2. The molecule has 10 atom stereocenters. The average Bonchev–Trinajstić information content (AvgIpc) is 3.35. The molecule has 5 heteroatoms.